The van der Waals surface area contributed by atoms with E-state index < -0.39 is 5.60 Å². The molecule has 1 rings (SSSR count). The minimum absolute atomic E-state index is 0.00697. The zero-order valence-corrected chi connectivity index (χ0v) is 20.9. The van der Waals surface area contributed by atoms with Crippen LogP contribution in [-0.2, 0) is 16.0 Å². The van der Waals surface area contributed by atoms with Gasteiger partial charge in [-0.3, -0.25) is 9.79 Å². The van der Waals surface area contributed by atoms with Crippen molar-refractivity contribution in [2.24, 2.45) is 10.9 Å². The van der Waals surface area contributed by atoms with Crippen LogP contribution in [0.15, 0.2) is 29.3 Å². The van der Waals surface area contributed by atoms with Gasteiger partial charge in [-0.1, -0.05) is 26.0 Å². The van der Waals surface area contributed by atoms with Gasteiger partial charge in [-0.05, 0) is 57.2 Å². The van der Waals surface area contributed by atoms with Crippen LogP contribution in [-0.4, -0.2) is 61.7 Å². The molecule has 0 heterocycles. The quantitative estimate of drug-likeness (QED) is 0.397. The van der Waals surface area contributed by atoms with Gasteiger partial charge in [-0.15, -0.1) is 0 Å². The Morgan fingerprint density at radius 1 is 1.16 bits per heavy atom. The van der Waals surface area contributed by atoms with E-state index in [1.54, 1.807) is 7.05 Å². The molecule has 3 N–H and O–H groups in total. The highest BCUT2D eigenvalue weighted by Crippen LogP contribution is 2.12. The van der Waals surface area contributed by atoms with Crippen molar-refractivity contribution < 1.29 is 14.3 Å². The summed E-state index contributed by atoms with van der Waals surface area (Å²) >= 11 is 0. The third-order valence-corrected chi connectivity index (χ3v) is 4.83. The summed E-state index contributed by atoms with van der Waals surface area (Å²) in [5.74, 6) is 1.01. The van der Waals surface area contributed by atoms with Crippen LogP contribution in [0.2, 0.25) is 0 Å². The zero-order valence-electron chi connectivity index (χ0n) is 20.9. The molecule has 1 unspecified atom stereocenters. The van der Waals surface area contributed by atoms with Gasteiger partial charge in [0.25, 0.3) is 0 Å². The van der Waals surface area contributed by atoms with Crippen molar-refractivity contribution in [3.05, 3.63) is 29.8 Å². The fourth-order valence-corrected chi connectivity index (χ4v) is 3.13. The Hall–Kier alpha value is -2.77. The smallest absolute Gasteiger partial charge is 0.407 e. The monoisotopic (exact) mass is 447 g/mol. The van der Waals surface area contributed by atoms with Crippen LogP contribution in [0.5, 0.6) is 0 Å². The average Bonchev–Trinajstić information content (AvgIpc) is 2.67. The molecule has 0 saturated carbocycles. The van der Waals surface area contributed by atoms with Crippen LogP contribution in [0.3, 0.4) is 0 Å². The molecule has 0 aromatic heterocycles. The molecule has 1 aromatic rings. The molecule has 0 aliphatic rings. The van der Waals surface area contributed by atoms with Gasteiger partial charge in [0.05, 0.1) is 0 Å². The van der Waals surface area contributed by atoms with E-state index in [0.29, 0.717) is 0 Å². The molecule has 0 bridgehead atoms. The van der Waals surface area contributed by atoms with Crippen LogP contribution < -0.4 is 16.0 Å². The largest absolute Gasteiger partial charge is 0.444 e. The number of anilines is 1. The molecule has 2 amide bonds. The summed E-state index contributed by atoms with van der Waals surface area (Å²) in [6, 6.07) is 7.83. The van der Waals surface area contributed by atoms with Crippen molar-refractivity contribution in [1.29, 1.82) is 0 Å². The van der Waals surface area contributed by atoms with Crippen molar-refractivity contribution in [2.45, 2.75) is 66.0 Å². The van der Waals surface area contributed by atoms with Gasteiger partial charge in [0.1, 0.15) is 5.60 Å². The number of nitrogens with one attached hydrogen (secondary N) is 3. The average molecular weight is 448 g/mol. The highest BCUT2D eigenvalue weighted by Gasteiger charge is 2.22. The van der Waals surface area contributed by atoms with Gasteiger partial charge in [0, 0.05) is 45.8 Å². The van der Waals surface area contributed by atoms with Gasteiger partial charge in [0.15, 0.2) is 5.96 Å². The predicted octanol–water partition coefficient (Wildman–Crippen LogP) is 3.63. The van der Waals surface area contributed by atoms with Gasteiger partial charge in [0.2, 0.25) is 5.91 Å². The first-order valence-electron chi connectivity index (χ1n) is 11.2. The van der Waals surface area contributed by atoms with Crippen molar-refractivity contribution in [3.63, 3.8) is 0 Å². The summed E-state index contributed by atoms with van der Waals surface area (Å²) in [4.78, 5) is 29.7. The number of aliphatic imine (C=N–C) groups is 1. The van der Waals surface area contributed by atoms with Crippen LogP contribution in [0.1, 0.15) is 53.5 Å². The van der Waals surface area contributed by atoms with Crippen molar-refractivity contribution in [1.82, 2.24) is 15.5 Å². The Bertz CT molecular complexity index is 754. The molecule has 1 aromatic carbocycles. The van der Waals surface area contributed by atoms with E-state index in [4.69, 9.17) is 4.74 Å². The van der Waals surface area contributed by atoms with E-state index >= 15 is 0 Å². The van der Waals surface area contributed by atoms with E-state index in [-0.39, 0.29) is 24.0 Å². The first-order valence-corrected chi connectivity index (χ1v) is 11.2. The Kier molecular flexibility index (Phi) is 11.0. The number of nitrogens with zero attached hydrogens (tertiary/aromatic N) is 2. The second kappa shape index (κ2) is 12.9. The summed E-state index contributed by atoms with van der Waals surface area (Å²) in [7, 11) is 3.75. The van der Waals surface area contributed by atoms with E-state index in [1.807, 2.05) is 52.1 Å². The molecule has 8 heteroatoms. The highest BCUT2D eigenvalue weighted by molar-refractivity contribution is 5.88. The van der Waals surface area contributed by atoms with Gasteiger partial charge in [-0.25, -0.2) is 4.79 Å². The van der Waals surface area contributed by atoms with Crippen LogP contribution in [0.25, 0.3) is 0 Å². The SMILES string of the molecule is CN=C(NCCc1ccc(NC(C)=O)cc1)N(C)CCC(NC(=O)OC(C)(C)C)C(C)C. The summed E-state index contributed by atoms with van der Waals surface area (Å²) in [6.07, 6.45) is 1.23. The number of hydrogen-bond donors (Lipinski definition) is 3. The normalized spacial score (nSPS) is 12.8. The Morgan fingerprint density at radius 2 is 1.78 bits per heavy atom. The predicted molar refractivity (Wildman–Crippen MR) is 131 cm³/mol. The summed E-state index contributed by atoms with van der Waals surface area (Å²) < 4.78 is 5.39. The molecule has 0 aliphatic carbocycles. The zero-order chi connectivity index (χ0) is 24.3. The molecule has 0 radical (unpaired) electrons. The minimum Gasteiger partial charge on any atom is -0.444 e. The van der Waals surface area contributed by atoms with Crippen molar-refractivity contribution in [2.75, 3.05) is 32.5 Å². The Labute approximate surface area is 193 Å². The number of carbonyl (C=O) groups is 2. The van der Waals surface area contributed by atoms with Crippen molar-refractivity contribution in [3.8, 4) is 0 Å². The summed E-state index contributed by atoms with van der Waals surface area (Å²) in [5, 5.41) is 9.14. The molecule has 0 spiro atoms. The fraction of sp³-hybridized carbons (Fsp3) is 0.625. The second-order valence-corrected chi connectivity index (χ2v) is 9.31. The lowest BCUT2D eigenvalue weighted by Crippen LogP contribution is -2.45. The van der Waals surface area contributed by atoms with Gasteiger partial charge >= 0.3 is 6.09 Å². The van der Waals surface area contributed by atoms with Crippen LogP contribution in [0.4, 0.5) is 10.5 Å². The summed E-state index contributed by atoms with van der Waals surface area (Å²) in [6.45, 7) is 12.7. The molecular formula is C24H41N5O3. The number of rotatable bonds is 9. The van der Waals surface area contributed by atoms with E-state index in [9.17, 15) is 9.59 Å². The maximum atomic E-state index is 12.2. The lowest BCUT2D eigenvalue weighted by Gasteiger charge is -2.28. The number of amides is 2. The van der Waals surface area contributed by atoms with Crippen LogP contribution in [0, 0.1) is 5.92 Å². The molecule has 180 valence electrons. The molecular weight excluding hydrogens is 406 g/mol. The Morgan fingerprint density at radius 3 is 2.28 bits per heavy atom. The van der Waals surface area contributed by atoms with Crippen LogP contribution >= 0.6 is 0 Å². The number of alkyl carbamates (subject to hydrolysis) is 1. The maximum Gasteiger partial charge on any atom is 0.407 e. The molecule has 8 nitrogen and oxygen atoms in total. The third-order valence-electron chi connectivity index (χ3n) is 4.83. The number of ether oxygens (including phenoxy) is 1. The van der Waals surface area contributed by atoms with E-state index in [1.165, 1.54) is 12.5 Å². The highest BCUT2D eigenvalue weighted by atomic mass is 16.6. The van der Waals surface area contributed by atoms with Gasteiger partial charge < -0.3 is 25.6 Å². The second-order valence-electron chi connectivity index (χ2n) is 9.31. The maximum absolute atomic E-state index is 12.2. The van der Waals surface area contributed by atoms with E-state index in [2.05, 4.69) is 39.7 Å². The first-order chi connectivity index (χ1) is 14.9. The number of carbonyl (C=O) groups excluding carboxylic acids is 2. The molecule has 0 saturated heterocycles. The molecule has 0 fully saturated rings. The summed E-state index contributed by atoms with van der Waals surface area (Å²) in [5.41, 5.74) is 1.45. The topological polar surface area (TPSA) is 95.1 Å². The third kappa shape index (κ3) is 11.0. The molecule has 1 atom stereocenters. The fourth-order valence-electron chi connectivity index (χ4n) is 3.13. The number of guanidine groups is 1. The number of hydrogen-bond acceptors (Lipinski definition) is 4. The number of benzene rings is 1. The van der Waals surface area contributed by atoms with Crippen molar-refractivity contribution >= 4 is 23.6 Å². The molecule has 0 aliphatic heterocycles. The Balaban J connectivity index is 2.50. The minimum atomic E-state index is -0.515. The van der Waals surface area contributed by atoms with E-state index in [0.717, 1.165) is 37.6 Å². The lowest BCUT2D eigenvalue weighted by molar-refractivity contribution is -0.114. The lowest BCUT2D eigenvalue weighted by atomic mass is 10.0. The first kappa shape index (κ1) is 27.3. The standard InChI is InChI=1S/C24H41N5O3/c1-17(2)21(28-23(31)32-24(4,5)6)14-16-29(8)22(25-7)26-15-13-19-9-11-20(12-10-19)27-18(3)30/h9-12,17,21H,13-16H2,1-8H3,(H,25,26)(H,27,30)(H,28,31). The molecule has 32 heavy (non-hydrogen) atoms. The van der Waals surface area contributed by atoms with Gasteiger partial charge in [-0.2, -0.15) is 0 Å².